The van der Waals surface area contributed by atoms with E-state index in [1.54, 1.807) is 26.4 Å². The Kier molecular flexibility index (Phi) is 4.47. The van der Waals surface area contributed by atoms with Gasteiger partial charge < -0.3 is 13.9 Å². The summed E-state index contributed by atoms with van der Waals surface area (Å²) in [5.74, 6) is 0.778. The molecule has 1 aliphatic rings. The van der Waals surface area contributed by atoms with Gasteiger partial charge in [-0.25, -0.2) is 4.79 Å². The molecule has 2 aromatic rings. The first-order chi connectivity index (χ1) is 11.6. The highest BCUT2D eigenvalue weighted by Crippen LogP contribution is 2.44. The molecule has 4 heteroatoms. The molecule has 0 amide bonds. The van der Waals surface area contributed by atoms with E-state index in [-0.39, 0.29) is 12.6 Å². The molecule has 1 aromatic carbocycles. The molecule has 0 bridgehead atoms. The normalized spacial score (nSPS) is 17.0. The van der Waals surface area contributed by atoms with E-state index in [2.05, 4.69) is 19.1 Å². The Bertz CT molecular complexity index is 839. The van der Waals surface area contributed by atoms with Crippen LogP contribution in [0.1, 0.15) is 49.8 Å². The van der Waals surface area contributed by atoms with E-state index in [0.717, 1.165) is 28.7 Å². The molecule has 0 saturated carbocycles. The van der Waals surface area contributed by atoms with Crippen LogP contribution in [0.2, 0.25) is 0 Å². The molecule has 0 spiro atoms. The lowest BCUT2D eigenvalue weighted by Gasteiger charge is -2.24. The van der Waals surface area contributed by atoms with Crippen LogP contribution >= 0.6 is 0 Å². The summed E-state index contributed by atoms with van der Waals surface area (Å²) in [7, 11) is 1.65. The van der Waals surface area contributed by atoms with Crippen LogP contribution < -0.4 is 4.74 Å². The minimum absolute atomic E-state index is 0.227. The van der Waals surface area contributed by atoms with Gasteiger partial charge >= 0.3 is 5.97 Å². The van der Waals surface area contributed by atoms with Crippen LogP contribution in [0.25, 0.3) is 17.0 Å². The first-order valence-electron chi connectivity index (χ1n) is 8.15. The lowest BCUT2D eigenvalue weighted by molar-refractivity contribution is -0.140. The molecule has 0 unspecified atom stereocenters. The summed E-state index contributed by atoms with van der Waals surface area (Å²) in [6, 6.07) is 1.91. The van der Waals surface area contributed by atoms with Crippen molar-refractivity contribution in [2.75, 3.05) is 7.11 Å². The van der Waals surface area contributed by atoms with E-state index in [9.17, 15) is 4.79 Å². The molecule has 1 aliphatic carbocycles. The summed E-state index contributed by atoms with van der Waals surface area (Å²) in [5, 5.41) is 0.943. The van der Waals surface area contributed by atoms with E-state index >= 15 is 0 Å². The fraction of sp³-hybridized carbons (Fsp3) is 0.350. The SMILES string of the molecule is CC=C(C)C(=O)OCc1c2c(c(OC)c3occc13)C=CC[C@@H]2C. The number of hydrogen-bond acceptors (Lipinski definition) is 4. The van der Waals surface area contributed by atoms with Gasteiger partial charge in [-0.2, -0.15) is 0 Å². The lowest BCUT2D eigenvalue weighted by atomic mass is 9.83. The highest BCUT2D eigenvalue weighted by Gasteiger charge is 2.26. The third-order valence-corrected chi connectivity index (χ3v) is 4.63. The third-order valence-electron chi connectivity index (χ3n) is 4.63. The van der Waals surface area contributed by atoms with Crippen LogP contribution in [0.4, 0.5) is 0 Å². The molecule has 1 aromatic heterocycles. The van der Waals surface area contributed by atoms with Gasteiger partial charge in [-0.1, -0.05) is 25.2 Å². The third kappa shape index (κ3) is 2.62. The molecular formula is C20H22O4. The zero-order valence-corrected chi connectivity index (χ0v) is 14.5. The van der Waals surface area contributed by atoms with Crippen molar-refractivity contribution in [3.8, 4) is 5.75 Å². The molecule has 4 nitrogen and oxygen atoms in total. The van der Waals surface area contributed by atoms with Crippen molar-refractivity contribution in [2.45, 2.75) is 39.7 Å². The van der Waals surface area contributed by atoms with Gasteiger partial charge in [0.25, 0.3) is 0 Å². The average molecular weight is 326 g/mol. The number of rotatable bonds is 4. The molecular weight excluding hydrogens is 304 g/mol. The fourth-order valence-corrected chi connectivity index (χ4v) is 3.24. The number of hydrogen-bond donors (Lipinski definition) is 0. The van der Waals surface area contributed by atoms with Crippen molar-refractivity contribution in [3.05, 3.63) is 46.7 Å². The number of carbonyl (C=O) groups excluding carboxylic acids is 1. The van der Waals surface area contributed by atoms with Crippen LogP contribution in [0.15, 0.2) is 34.5 Å². The van der Waals surface area contributed by atoms with Gasteiger partial charge in [-0.3, -0.25) is 0 Å². The minimum atomic E-state index is -0.294. The van der Waals surface area contributed by atoms with Crippen LogP contribution in [-0.2, 0) is 16.1 Å². The number of allylic oxidation sites excluding steroid dienone is 2. The van der Waals surface area contributed by atoms with Gasteiger partial charge in [0, 0.05) is 22.1 Å². The van der Waals surface area contributed by atoms with Crippen LogP contribution in [0.3, 0.4) is 0 Å². The topological polar surface area (TPSA) is 48.7 Å². The molecule has 0 aliphatic heterocycles. The van der Waals surface area contributed by atoms with Crippen molar-refractivity contribution in [1.29, 1.82) is 0 Å². The molecule has 1 heterocycles. The first kappa shape index (κ1) is 16.4. The Morgan fingerprint density at radius 3 is 2.96 bits per heavy atom. The molecule has 1 atom stereocenters. The summed E-state index contributed by atoms with van der Waals surface area (Å²) in [5.41, 5.74) is 4.50. The summed E-state index contributed by atoms with van der Waals surface area (Å²) in [6.07, 6.45) is 8.57. The van der Waals surface area contributed by atoms with Gasteiger partial charge in [0.1, 0.15) is 6.61 Å². The zero-order valence-electron chi connectivity index (χ0n) is 14.5. The predicted molar refractivity (Wildman–Crippen MR) is 94.1 cm³/mol. The van der Waals surface area contributed by atoms with Gasteiger partial charge in [0.05, 0.1) is 13.4 Å². The smallest absolute Gasteiger partial charge is 0.333 e. The molecule has 24 heavy (non-hydrogen) atoms. The fourth-order valence-electron chi connectivity index (χ4n) is 3.24. The monoisotopic (exact) mass is 326 g/mol. The molecule has 0 fully saturated rings. The van der Waals surface area contributed by atoms with Crippen molar-refractivity contribution >= 4 is 23.0 Å². The molecule has 0 N–H and O–H groups in total. The second kappa shape index (κ2) is 6.56. The standard InChI is InChI=1S/C20H22O4/c1-5-12(2)20(21)24-11-16-14-9-10-23-19(14)18(22-4)15-8-6-7-13(3)17(15)16/h5-6,8-10,13H,7,11H2,1-4H3/t13-/m0/s1. The minimum Gasteiger partial charge on any atom is -0.492 e. The molecule has 126 valence electrons. The number of carbonyl (C=O) groups is 1. The Balaban J connectivity index is 2.13. The maximum absolute atomic E-state index is 12.0. The number of furan rings is 1. The van der Waals surface area contributed by atoms with Gasteiger partial charge in [-0.05, 0) is 37.8 Å². The quantitative estimate of drug-likeness (QED) is 0.588. The van der Waals surface area contributed by atoms with Crippen LogP contribution in [-0.4, -0.2) is 13.1 Å². The predicted octanol–water partition coefficient (Wildman–Crippen LogP) is 4.97. The van der Waals surface area contributed by atoms with Crippen molar-refractivity contribution in [2.24, 2.45) is 0 Å². The Morgan fingerprint density at radius 1 is 1.46 bits per heavy atom. The van der Waals surface area contributed by atoms with Crippen LogP contribution in [0.5, 0.6) is 5.75 Å². The van der Waals surface area contributed by atoms with E-state index in [1.165, 1.54) is 5.56 Å². The summed E-state index contributed by atoms with van der Waals surface area (Å²) in [4.78, 5) is 12.0. The van der Waals surface area contributed by atoms with E-state index in [0.29, 0.717) is 17.1 Å². The number of methoxy groups -OCH3 is 1. The Morgan fingerprint density at radius 2 is 2.25 bits per heavy atom. The number of benzene rings is 1. The van der Waals surface area contributed by atoms with Crippen molar-refractivity contribution in [1.82, 2.24) is 0 Å². The summed E-state index contributed by atoms with van der Waals surface area (Å²) >= 11 is 0. The maximum atomic E-state index is 12.0. The van der Waals surface area contributed by atoms with Crippen LogP contribution in [0, 0.1) is 0 Å². The average Bonchev–Trinajstić information content (AvgIpc) is 3.07. The highest BCUT2D eigenvalue weighted by atomic mass is 16.5. The Hall–Kier alpha value is -2.49. The largest absolute Gasteiger partial charge is 0.492 e. The second-order valence-electron chi connectivity index (χ2n) is 6.09. The van der Waals surface area contributed by atoms with E-state index in [4.69, 9.17) is 13.9 Å². The maximum Gasteiger partial charge on any atom is 0.333 e. The summed E-state index contributed by atoms with van der Waals surface area (Å²) < 4.78 is 16.8. The van der Waals surface area contributed by atoms with Gasteiger partial charge in [-0.15, -0.1) is 0 Å². The lowest BCUT2D eigenvalue weighted by Crippen LogP contribution is -2.11. The zero-order chi connectivity index (χ0) is 17.3. The van der Waals surface area contributed by atoms with Gasteiger partial charge in [0.15, 0.2) is 11.3 Å². The molecule has 0 saturated heterocycles. The molecule has 0 radical (unpaired) electrons. The number of esters is 1. The van der Waals surface area contributed by atoms with E-state index in [1.807, 2.05) is 13.0 Å². The van der Waals surface area contributed by atoms with Crippen molar-refractivity contribution in [3.63, 3.8) is 0 Å². The Labute approximate surface area is 141 Å². The second-order valence-corrected chi connectivity index (χ2v) is 6.09. The van der Waals surface area contributed by atoms with Crippen molar-refractivity contribution < 1.29 is 18.7 Å². The van der Waals surface area contributed by atoms with E-state index < -0.39 is 0 Å². The van der Waals surface area contributed by atoms with Gasteiger partial charge in [0.2, 0.25) is 0 Å². The number of fused-ring (bicyclic) bond motifs is 2. The summed E-state index contributed by atoms with van der Waals surface area (Å²) in [6.45, 7) is 5.98. The highest BCUT2D eigenvalue weighted by molar-refractivity contribution is 5.93. The number of ether oxygens (including phenoxy) is 2. The molecule has 3 rings (SSSR count). The first-order valence-corrected chi connectivity index (χ1v) is 8.15.